The minimum atomic E-state index is -0.953. The molecule has 2 rings (SSSR count). The molecule has 9 heteroatoms. The first kappa shape index (κ1) is 24.6. The lowest BCUT2D eigenvalue weighted by Crippen LogP contribution is -2.54. The Morgan fingerprint density at radius 2 is 1.69 bits per heavy atom. The first-order valence-corrected chi connectivity index (χ1v) is 10.2. The smallest absolute Gasteiger partial charge is 0.408 e. The number of pyridine rings is 1. The number of aromatic nitrogens is 1. The van der Waals surface area contributed by atoms with Gasteiger partial charge in [-0.25, -0.2) is 14.6 Å². The summed E-state index contributed by atoms with van der Waals surface area (Å²) in [6.45, 7) is 3.64. The molecule has 0 saturated heterocycles. The molecule has 1 aromatic heterocycles. The molecule has 0 unspecified atom stereocenters. The summed E-state index contributed by atoms with van der Waals surface area (Å²) in [7, 11) is 2.75. The van der Waals surface area contributed by atoms with Crippen LogP contribution in [0, 0.1) is 5.92 Å². The van der Waals surface area contributed by atoms with Gasteiger partial charge >= 0.3 is 12.1 Å². The molecule has 0 aliphatic heterocycles. The molecule has 0 radical (unpaired) electrons. The van der Waals surface area contributed by atoms with Gasteiger partial charge < -0.3 is 24.8 Å². The van der Waals surface area contributed by atoms with Gasteiger partial charge in [0.1, 0.15) is 18.7 Å². The second-order valence-electron chi connectivity index (χ2n) is 7.43. The predicted molar refractivity (Wildman–Crippen MR) is 117 cm³/mol. The number of amides is 2. The summed E-state index contributed by atoms with van der Waals surface area (Å²) >= 11 is 0. The second kappa shape index (κ2) is 12.3. The molecule has 0 aliphatic rings. The number of hydrogen-bond donors (Lipinski definition) is 2. The molecule has 1 aromatic carbocycles. The van der Waals surface area contributed by atoms with Crippen molar-refractivity contribution in [2.24, 2.45) is 5.92 Å². The number of alkyl carbamates (subject to hydrolysis) is 1. The van der Waals surface area contributed by atoms with E-state index in [0.29, 0.717) is 11.4 Å². The van der Waals surface area contributed by atoms with Crippen molar-refractivity contribution in [1.29, 1.82) is 0 Å². The maximum atomic E-state index is 12.9. The van der Waals surface area contributed by atoms with Crippen molar-refractivity contribution in [1.82, 2.24) is 15.6 Å². The lowest BCUT2D eigenvalue weighted by atomic mass is 10.0. The maximum Gasteiger partial charge on any atom is 0.408 e. The van der Waals surface area contributed by atoms with Gasteiger partial charge in [-0.05, 0) is 17.0 Å². The second-order valence-corrected chi connectivity index (χ2v) is 7.43. The quantitative estimate of drug-likeness (QED) is 0.541. The Labute approximate surface area is 187 Å². The van der Waals surface area contributed by atoms with E-state index in [1.54, 1.807) is 32.2 Å². The molecule has 172 valence electrons. The van der Waals surface area contributed by atoms with Crippen LogP contribution in [0.15, 0.2) is 48.7 Å². The number of benzene rings is 1. The largest absolute Gasteiger partial charge is 0.481 e. The van der Waals surface area contributed by atoms with Gasteiger partial charge in [0.2, 0.25) is 11.8 Å². The minimum Gasteiger partial charge on any atom is -0.481 e. The van der Waals surface area contributed by atoms with Crippen LogP contribution in [0.1, 0.15) is 25.0 Å². The van der Waals surface area contributed by atoms with Gasteiger partial charge in [-0.1, -0.05) is 50.2 Å². The van der Waals surface area contributed by atoms with E-state index in [-0.39, 0.29) is 18.9 Å². The Balaban J connectivity index is 2.01. The fraction of sp³-hybridized carbons (Fsp3) is 0.391. The van der Waals surface area contributed by atoms with Gasteiger partial charge in [0.15, 0.2) is 0 Å². The summed E-state index contributed by atoms with van der Waals surface area (Å²) in [6, 6.07) is 10.7. The third-order valence-electron chi connectivity index (χ3n) is 4.68. The summed E-state index contributed by atoms with van der Waals surface area (Å²) < 4.78 is 15.1. The molecule has 0 fully saturated rings. The number of methoxy groups -OCH3 is 2. The van der Waals surface area contributed by atoms with E-state index in [1.807, 2.05) is 30.3 Å². The van der Waals surface area contributed by atoms with Crippen molar-refractivity contribution in [3.63, 3.8) is 0 Å². The topological polar surface area (TPSA) is 116 Å². The highest BCUT2D eigenvalue weighted by atomic mass is 16.5. The monoisotopic (exact) mass is 443 g/mol. The molecular weight excluding hydrogens is 414 g/mol. The standard InChI is InChI=1S/C23H29N3O6/c1-15(2)20(26-23(29)32-14-16-8-6-5-7-9-16)21(27)25-18(22(28)31-4)12-17-10-11-19(30-3)24-13-17/h5-11,13,15,18,20H,12,14H2,1-4H3,(H,25,27)(H,26,29)/t18-,20+/m0/s1. The number of carbonyl (C=O) groups excluding carboxylic acids is 3. The van der Waals surface area contributed by atoms with E-state index in [0.717, 1.165) is 5.56 Å². The van der Waals surface area contributed by atoms with Crippen LogP contribution < -0.4 is 15.4 Å². The molecule has 0 bridgehead atoms. The van der Waals surface area contributed by atoms with Crippen molar-refractivity contribution >= 4 is 18.0 Å². The first-order valence-electron chi connectivity index (χ1n) is 10.2. The highest BCUT2D eigenvalue weighted by Gasteiger charge is 2.30. The van der Waals surface area contributed by atoms with E-state index in [9.17, 15) is 14.4 Å². The minimum absolute atomic E-state index is 0.0777. The Bertz CT molecular complexity index is 886. The molecule has 2 atom stereocenters. The number of ether oxygens (including phenoxy) is 3. The Kier molecular flexibility index (Phi) is 9.46. The van der Waals surface area contributed by atoms with Crippen LogP contribution in [0.4, 0.5) is 4.79 Å². The van der Waals surface area contributed by atoms with Crippen LogP contribution in [0.25, 0.3) is 0 Å². The van der Waals surface area contributed by atoms with Crippen LogP contribution in [0.2, 0.25) is 0 Å². The summed E-state index contributed by atoms with van der Waals surface area (Å²) in [4.78, 5) is 41.5. The van der Waals surface area contributed by atoms with Crippen LogP contribution in [-0.4, -0.2) is 49.3 Å². The molecule has 2 aromatic rings. The molecule has 2 N–H and O–H groups in total. The van der Waals surface area contributed by atoms with Crippen LogP contribution >= 0.6 is 0 Å². The molecule has 2 amide bonds. The maximum absolute atomic E-state index is 12.9. The number of nitrogens with one attached hydrogen (secondary N) is 2. The summed E-state index contributed by atoms with van der Waals surface area (Å²) in [5.41, 5.74) is 1.53. The number of rotatable bonds is 10. The Morgan fingerprint density at radius 3 is 2.25 bits per heavy atom. The Hall–Kier alpha value is -3.62. The van der Waals surface area contributed by atoms with Crippen LogP contribution in [0.5, 0.6) is 5.88 Å². The zero-order valence-corrected chi connectivity index (χ0v) is 18.7. The SMILES string of the molecule is COC(=O)[C@H](Cc1ccc(OC)nc1)NC(=O)[C@H](NC(=O)OCc1ccccc1)C(C)C. The van der Waals surface area contributed by atoms with Crippen LogP contribution in [0.3, 0.4) is 0 Å². The number of hydrogen-bond acceptors (Lipinski definition) is 7. The highest BCUT2D eigenvalue weighted by molar-refractivity contribution is 5.90. The molecule has 0 saturated carbocycles. The zero-order valence-electron chi connectivity index (χ0n) is 18.7. The average molecular weight is 444 g/mol. The molecular formula is C23H29N3O6. The van der Waals surface area contributed by atoms with Gasteiger partial charge in [0.25, 0.3) is 0 Å². The van der Waals surface area contributed by atoms with E-state index < -0.39 is 30.1 Å². The first-order chi connectivity index (χ1) is 15.3. The average Bonchev–Trinajstić information content (AvgIpc) is 2.81. The number of nitrogens with zero attached hydrogens (tertiary/aromatic N) is 1. The van der Waals surface area contributed by atoms with Crippen molar-refractivity contribution in [3.05, 3.63) is 59.8 Å². The summed E-state index contributed by atoms with van der Waals surface area (Å²) in [5.74, 6) is -0.942. The van der Waals surface area contributed by atoms with Crippen molar-refractivity contribution in [3.8, 4) is 5.88 Å². The number of esters is 1. The predicted octanol–water partition coefficient (Wildman–Crippen LogP) is 2.24. The van der Waals surface area contributed by atoms with E-state index in [4.69, 9.17) is 14.2 Å². The van der Waals surface area contributed by atoms with Crippen molar-refractivity contribution in [2.45, 2.75) is 39.0 Å². The Morgan fingerprint density at radius 1 is 0.969 bits per heavy atom. The van der Waals surface area contributed by atoms with Gasteiger partial charge in [0.05, 0.1) is 14.2 Å². The van der Waals surface area contributed by atoms with E-state index >= 15 is 0 Å². The zero-order chi connectivity index (χ0) is 23.5. The fourth-order valence-electron chi connectivity index (χ4n) is 2.91. The van der Waals surface area contributed by atoms with E-state index in [2.05, 4.69) is 15.6 Å². The normalized spacial score (nSPS) is 12.4. The third kappa shape index (κ3) is 7.57. The summed E-state index contributed by atoms with van der Waals surface area (Å²) in [6.07, 6.45) is 0.996. The molecule has 9 nitrogen and oxygen atoms in total. The van der Waals surface area contributed by atoms with Crippen LogP contribution in [-0.2, 0) is 32.1 Å². The highest BCUT2D eigenvalue weighted by Crippen LogP contribution is 2.11. The third-order valence-corrected chi connectivity index (χ3v) is 4.68. The lowest BCUT2D eigenvalue weighted by molar-refractivity contribution is -0.145. The molecule has 0 spiro atoms. The van der Waals surface area contributed by atoms with Gasteiger partial charge in [0, 0.05) is 18.7 Å². The van der Waals surface area contributed by atoms with Gasteiger partial charge in [-0.2, -0.15) is 0 Å². The van der Waals surface area contributed by atoms with Gasteiger partial charge in [-0.3, -0.25) is 4.79 Å². The lowest BCUT2D eigenvalue weighted by Gasteiger charge is -2.24. The summed E-state index contributed by atoms with van der Waals surface area (Å²) in [5, 5.41) is 5.24. The number of carbonyl (C=O) groups is 3. The molecule has 1 heterocycles. The van der Waals surface area contributed by atoms with Crippen molar-refractivity contribution < 1.29 is 28.6 Å². The molecule has 0 aliphatic carbocycles. The fourth-order valence-corrected chi connectivity index (χ4v) is 2.91. The molecule has 32 heavy (non-hydrogen) atoms. The van der Waals surface area contributed by atoms with Gasteiger partial charge in [-0.15, -0.1) is 0 Å². The van der Waals surface area contributed by atoms with Crippen molar-refractivity contribution in [2.75, 3.05) is 14.2 Å². The van der Waals surface area contributed by atoms with E-state index in [1.165, 1.54) is 14.2 Å².